The van der Waals surface area contributed by atoms with E-state index in [9.17, 15) is 4.79 Å². The average Bonchev–Trinajstić information content (AvgIpc) is 2.46. The highest BCUT2D eigenvalue weighted by Crippen LogP contribution is 2.23. The molecule has 2 unspecified atom stereocenters. The number of piperidine rings is 1. The zero-order valence-electron chi connectivity index (χ0n) is 11.6. The van der Waals surface area contributed by atoms with Crippen molar-refractivity contribution in [3.05, 3.63) is 24.0 Å². The molecule has 1 aromatic heterocycles. The van der Waals surface area contributed by atoms with E-state index >= 15 is 0 Å². The third kappa shape index (κ3) is 3.23. The number of hydrogen-bond acceptors (Lipinski definition) is 4. The van der Waals surface area contributed by atoms with Gasteiger partial charge in [0.2, 0.25) is 5.91 Å². The fourth-order valence-electron chi connectivity index (χ4n) is 2.43. The Morgan fingerprint density at radius 2 is 2.37 bits per heavy atom. The maximum absolute atomic E-state index is 11.3. The number of aromatic nitrogens is 1. The molecule has 3 N–H and O–H groups in total. The zero-order chi connectivity index (χ0) is 13.8. The van der Waals surface area contributed by atoms with Gasteiger partial charge >= 0.3 is 0 Å². The lowest BCUT2D eigenvalue weighted by atomic mass is 9.97. The Morgan fingerprint density at radius 3 is 2.95 bits per heavy atom. The molecule has 1 aromatic rings. The van der Waals surface area contributed by atoms with Gasteiger partial charge in [0.25, 0.3) is 0 Å². The van der Waals surface area contributed by atoms with Crippen molar-refractivity contribution in [3.63, 3.8) is 0 Å². The SMILES string of the molecule is CNC(C)c1ccc(N2CCCC(C(N)=O)C2)cn1. The largest absolute Gasteiger partial charge is 0.369 e. The van der Waals surface area contributed by atoms with E-state index in [4.69, 9.17) is 5.73 Å². The number of anilines is 1. The minimum atomic E-state index is -0.196. The highest BCUT2D eigenvalue weighted by molar-refractivity contribution is 5.77. The Bertz CT molecular complexity index is 432. The van der Waals surface area contributed by atoms with Crippen LogP contribution in [0.15, 0.2) is 18.3 Å². The second-order valence-electron chi connectivity index (χ2n) is 5.14. The van der Waals surface area contributed by atoms with Crippen molar-refractivity contribution in [1.82, 2.24) is 10.3 Å². The van der Waals surface area contributed by atoms with Crippen LogP contribution in [0.5, 0.6) is 0 Å². The van der Waals surface area contributed by atoms with Crippen LogP contribution in [0.1, 0.15) is 31.5 Å². The van der Waals surface area contributed by atoms with Crippen LogP contribution in [0.25, 0.3) is 0 Å². The van der Waals surface area contributed by atoms with Gasteiger partial charge in [-0.25, -0.2) is 0 Å². The first-order valence-corrected chi connectivity index (χ1v) is 6.79. The molecule has 0 spiro atoms. The Kier molecular flexibility index (Phi) is 4.37. The molecule has 0 radical (unpaired) electrons. The molecule has 1 fully saturated rings. The van der Waals surface area contributed by atoms with Crippen molar-refractivity contribution in [2.75, 3.05) is 25.0 Å². The van der Waals surface area contributed by atoms with Gasteiger partial charge < -0.3 is 16.0 Å². The van der Waals surface area contributed by atoms with Crippen molar-refractivity contribution >= 4 is 11.6 Å². The Morgan fingerprint density at radius 1 is 1.58 bits per heavy atom. The number of primary amides is 1. The molecule has 0 aromatic carbocycles. The normalized spacial score (nSPS) is 21.2. The number of nitrogens with one attached hydrogen (secondary N) is 1. The van der Waals surface area contributed by atoms with Gasteiger partial charge in [0.15, 0.2) is 0 Å². The summed E-state index contributed by atoms with van der Waals surface area (Å²) in [7, 11) is 1.92. The smallest absolute Gasteiger partial charge is 0.222 e. The molecule has 0 saturated carbocycles. The van der Waals surface area contributed by atoms with Gasteiger partial charge in [-0.2, -0.15) is 0 Å². The molecule has 1 aliphatic rings. The Hall–Kier alpha value is -1.62. The van der Waals surface area contributed by atoms with E-state index in [0.717, 1.165) is 30.8 Å². The van der Waals surface area contributed by atoms with Crippen molar-refractivity contribution in [1.29, 1.82) is 0 Å². The van der Waals surface area contributed by atoms with Crippen LogP contribution >= 0.6 is 0 Å². The van der Waals surface area contributed by atoms with Crippen molar-refractivity contribution in [2.24, 2.45) is 11.7 Å². The number of carbonyl (C=O) groups is 1. The monoisotopic (exact) mass is 262 g/mol. The van der Waals surface area contributed by atoms with Crippen LogP contribution in [0, 0.1) is 5.92 Å². The first-order valence-electron chi connectivity index (χ1n) is 6.79. The highest BCUT2D eigenvalue weighted by atomic mass is 16.1. The first-order chi connectivity index (χ1) is 9.11. The van der Waals surface area contributed by atoms with Gasteiger partial charge in [0, 0.05) is 19.1 Å². The van der Waals surface area contributed by atoms with Gasteiger partial charge in [-0.3, -0.25) is 9.78 Å². The second-order valence-corrected chi connectivity index (χ2v) is 5.14. The van der Waals surface area contributed by atoms with E-state index in [1.54, 1.807) is 0 Å². The summed E-state index contributed by atoms with van der Waals surface area (Å²) in [4.78, 5) is 18.0. The highest BCUT2D eigenvalue weighted by Gasteiger charge is 2.24. The van der Waals surface area contributed by atoms with Gasteiger partial charge in [-0.15, -0.1) is 0 Å². The van der Waals surface area contributed by atoms with Crippen molar-refractivity contribution in [2.45, 2.75) is 25.8 Å². The number of hydrogen-bond donors (Lipinski definition) is 2. The fraction of sp³-hybridized carbons (Fsp3) is 0.571. The van der Waals surface area contributed by atoms with Gasteiger partial charge in [-0.05, 0) is 38.9 Å². The van der Waals surface area contributed by atoms with E-state index in [1.807, 2.05) is 19.3 Å². The molecule has 1 amide bonds. The molecule has 1 aliphatic heterocycles. The van der Waals surface area contributed by atoms with Crippen molar-refractivity contribution in [3.8, 4) is 0 Å². The summed E-state index contributed by atoms with van der Waals surface area (Å²) in [5, 5.41) is 3.16. The minimum Gasteiger partial charge on any atom is -0.369 e. The van der Waals surface area contributed by atoms with E-state index in [2.05, 4.69) is 28.2 Å². The maximum atomic E-state index is 11.3. The summed E-state index contributed by atoms with van der Waals surface area (Å²) in [5.41, 5.74) is 7.49. The molecule has 0 bridgehead atoms. The Balaban J connectivity index is 2.07. The molecule has 19 heavy (non-hydrogen) atoms. The minimum absolute atomic E-state index is 0.0374. The molecule has 2 rings (SSSR count). The van der Waals surface area contributed by atoms with E-state index in [-0.39, 0.29) is 17.9 Å². The molecular formula is C14H22N4O. The Labute approximate surface area is 114 Å². The third-order valence-corrected chi connectivity index (χ3v) is 3.84. The number of carbonyl (C=O) groups excluding carboxylic acids is 1. The van der Waals surface area contributed by atoms with E-state index < -0.39 is 0 Å². The fourth-order valence-corrected chi connectivity index (χ4v) is 2.43. The summed E-state index contributed by atoms with van der Waals surface area (Å²) < 4.78 is 0. The summed E-state index contributed by atoms with van der Waals surface area (Å²) in [6.07, 6.45) is 3.78. The predicted molar refractivity (Wildman–Crippen MR) is 75.8 cm³/mol. The van der Waals surface area contributed by atoms with Gasteiger partial charge in [0.05, 0.1) is 23.5 Å². The number of pyridine rings is 1. The lowest BCUT2D eigenvalue weighted by Crippen LogP contribution is -2.41. The molecule has 5 heteroatoms. The van der Waals surface area contributed by atoms with Crippen LogP contribution < -0.4 is 16.0 Å². The number of rotatable bonds is 4. The van der Waals surface area contributed by atoms with E-state index in [1.165, 1.54) is 0 Å². The van der Waals surface area contributed by atoms with E-state index in [0.29, 0.717) is 6.54 Å². The van der Waals surface area contributed by atoms with Crippen LogP contribution in [0.3, 0.4) is 0 Å². The topological polar surface area (TPSA) is 71.2 Å². The lowest BCUT2D eigenvalue weighted by Gasteiger charge is -2.32. The number of amides is 1. The summed E-state index contributed by atoms with van der Waals surface area (Å²) in [6.45, 7) is 3.75. The molecule has 0 aliphatic carbocycles. The lowest BCUT2D eigenvalue weighted by molar-refractivity contribution is -0.122. The van der Waals surface area contributed by atoms with Crippen LogP contribution in [0.2, 0.25) is 0 Å². The first kappa shape index (κ1) is 13.8. The zero-order valence-corrected chi connectivity index (χ0v) is 11.6. The summed E-state index contributed by atoms with van der Waals surface area (Å²) >= 11 is 0. The standard InChI is InChI=1S/C14H22N4O/c1-10(16-2)13-6-5-12(8-17-13)18-7-3-4-11(9-18)14(15)19/h5-6,8,10-11,16H,3-4,7,9H2,1-2H3,(H2,15,19). The molecule has 2 heterocycles. The van der Waals surface area contributed by atoms with Crippen LogP contribution in [0.4, 0.5) is 5.69 Å². The van der Waals surface area contributed by atoms with Gasteiger partial charge in [0.1, 0.15) is 0 Å². The van der Waals surface area contributed by atoms with Crippen LogP contribution in [-0.2, 0) is 4.79 Å². The second kappa shape index (κ2) is 6.02. The summed E-state index contributed by atoms with van der Waals surface area (Å²) in [5.74, 6) is -0.234. The van der Waals surface area contributed by atoms with Crippen molar-refractivity contribution < 1.29 is 4.79 Å². The quantitative estimate of drug-likeness (QED) is 0.851. The predicted octanol–water partition coefficient (Wildman–Crippen LogP) is 1.06. The molecular weight excluding hydrogens is 240 g/mol. The molecule has 2 atom stereocenters. The number of nitrogens with zero attached hydrogens (tertiary/aromatic N) is 2. The summed E-state index contributed by atoms with van der Waals surface area (Å²) in [6, 6.07) is 4.35. The molecule has 5 nitrogen and oxygen atoms in total. The average molecular weight is 262 g/mol. The molecule has 104 valence electrons. The molecule has 1 saturated heterocycles. The number of nitrogens with two attached hydrogens (primary N) is 1. The third-order valence-electron chi connectivity index (χ3n) is 3.84. The van der Waals surface area contributed by atoms with Gasteiger partial charge in [-0.1, -0.05) is 0 Å². The van der Waals surface area contributed by atoms with Crippen LogP contribution in [-0.4, -0.2) is 31.0 Å². The maximum Gasteiger partial charge on any atom is 0.222 e.